The molecule has 150 valence electrons. The summed E-state index contributed by atoms with van der Waals surface area (Å²) in [5.41, 5.74) is 3.72. The van der Waals surface area contributed by atoms with E-state index in [0.717, 1.165) is 38.2 Å². The fraction of sp³-hybridized carbons (Fsp3) is 0.400. The fourth-order valence-corrected chi connectivity index (χ4v) is 4.46. The lowest BCUT2D eigenvalue weighted by Gasteiger charge is -2.26. The number of nitrogens with one attached hydrogen (secondary N) is 1. The SMILES string of the molecule is NC(=O)c1ccc(C(C(=O)NC2CCCCC2)c2cccs2)c(C(F)(F)F)c1. The fourth-order valence-electron chi connectivity index (χ4n) is 3.62. The van der Waals surface area contributed by atoms with Crippen LogP contribution in [0.5, 0.6) is 0 Å². The quantitative estimate of drug-likeness (QED) is 0.765. The summed E-state index contributed by atoms with van der Waals surface area (Å²) >= 11 is 1.23. The van der Waals surface area contributed by atoms with Crippen LogP contribution in [0.1, 0.15) is 64.4 Å². The molecule has 3 N–H and O–H groups in total. The van der Waals surface area contributed by atoms with Crippen LogP contribution < -0.4 is 11.1 Å². The van der Waals surface area contributed by atoms with Crippen molar-refractivity contribution in [1.82, 2.24) is 5.32 Å². The zero-order chi connectivity index (χ0) is 20.3. The summed E-state index contributed by atoms with van der Waals surface area (Å²) < 4.78 is 41.2. The van der Waals surface area contributed by atoms with Gasteiger partial charge in [0.2, 0.25) is 11.8 Å². The van der Waals surface area contributed by atoms with Crippen LogP contribution in [0.3, 0.4) is 0 Å². The molecule has 1 aromatic carbocycles. The molecule has 1 aliphatic rings. The van der Waals surface area contributed by atoms with Crippen molar-refractivity contribution >= 4 is 23.2 Å². The number of primary amides is 1. The lowest BCUT2D eigenvalue weighted by molar-refractivity contribution is -0.138. The summed E-state index contributed by atoms with van der Waals surface area (Å²) in [6, 6.07) is 6.48. The lowest BCUT2D eigenvalue weighted by Crippen LogP contribution is -2.39. The zero-order valence-corrected chi connectivity index (χ0v) is 15.9. The van der Waals surface area contributed by atoms with E-state index in [1.165, 1.54) is 23.5 Å². The van der Waals surface area contributed by atoms with E-state index in [-0.39, 0.29) is 17.2 Å². The molecule has 2 aromatic rings. The molecule has 2 amide bonds. The van der Waals surface area contributed by atoms with Gasteiger partial charge in [-0.05, 0) is 42.0 Å². The molecule has 8 heteroatoms. The molecular formula is C20H21F3N2O2S. The molecule has 1 aliphatic carbocycles. The second kappa shape index (κ2) is 8.34. The van der Waals surface area contributed by atoms with Crippen molar-refractivity contribution in [3.8, 4) is 0 Å². The minimum Gasteiger partial charge on any atom is -0.366 e. The van der Waals surface area contributed by atoms with Crippen LogP contribution in [0.4, 0.5) is 13.2 Å². The summed E-state index contributed by atoms with van der Waals surface area (Å²) in [7, 11) is 0. The molecule has 28 heavy (non-hydrogen) atoms. The van der Waals surface area contributed by atoms with Crippen LogP contribution in [0.25, 0.3) is 0 Å². The first-order valence-corrected chi connectivity index (χ1v) is 10.00. The number of hydrogen-bond acceptors (Lipinski definition) is 3. The minimum atomic E-state index is -4.72. The first kappa shape index (κ1) is 20.4. The average Bonchev–Trinajstić information content (AvgIpc) is 3.16. The molecule has 0 spiro atoms. The van der Waals surface area contributed by atoms with E-state index >= 15 is 0 Å². The number of carbonyl (C=O) groups excluding carboxylic acids is 2. The molecule has 1 atom stereocenters. The Kier molecular flexibility index (Phi) is 6.07. The second-order valence-corrected chi connectivity index (χ2v) is 7.94. The van der Waals surface area contributed by atoms with Crippen molar-refractivity contribution in [1.29, 1.82) is 0 Å². The molecule has 1 aromatic heterocycles. The molecule has 0 aliphatic heterocycles. The Labute approximate surface area is 164 Å². The van der Waals surface area contributed by atoms with E-state index in [4.69, 9.17) is 5.73 Å². The van der Waals surface area contributed by atoms with Crippen LogP contribution in [-0.2, 0) is 11.0 Å². The number of benzene rings is 1. The first-order chi connectivity index (χ1) is 13.3. The number of rotatable bonds is 5. The van der Waals surface area contributed by atoms with Crippen molar-refractivity contribution in [3.63, 3.8) is 0 Å². The van der Waals surface area contributed by atoms with Gasteiger partial charge in [0.25, 0.3) is 0 Å². The average molecular weight is 410 g/mol. The van der Waals surface area contributed by atoms with E-state index in [1.807, 2.05) is 0 Å². The van der Waals surface area contributed by atoms with Crippen LogP contribution in [-0.4, -0.2) is 17.9 Å². The number of carbonyl (C=O) groups is 2. The molecule has 3 rings (SSSR count). The highest BCUT2D eigenvalue weighted by Crippen LogP contribution is 2.39. The Balaban J connectivity index is 2.03. The van der Waals surface area contributed by atoms with Gasteiger partial charge in [-0.15, -0.1) is 11.3 Å². The largest absolute Gasteiger partial charge is 0.416 e. The molecule has 1 unspecified atom stereocenters. The van der Waals surface area contributed by atoms with Gasteiger partial charge in [-0.25, -0.2) is 0 Å². The number of hydrogen-bond donors (Lipinski definition) is 2. The summed E-state index contributed by atoms with van der Waals surface area (Å²) in [4.78, 5) is 24.9. The normalized spacial score (nSPS) is 16.5. The lowest BCUT2D eigenvalue weighted by atomic mass is 9.89. The highest BCUT2D eigenvalue weighted by Gasteiger charge is 2.39. The number of halogens is 3. The Hall–Kier alpha value is -2.35. The molecule has 1 saturated carbocycles. The molecule has 4 nitrogen and oxygen atoms in total. The highest BCUT2D eigenvalue weighted by atomic mass is 32.1. The molecule has 0 radical (unpaired) electrons. The van der Waals surface area contributed by atoms with Crippen LogP contribution >= 0.6 is 11.3 Å². The predicted molar refractivity (Wildman–Crippen MR) is 101 cm³/mol. The molecule has 1 heterocycles. The van der Waals surface area contributed by atoms with Gasteiger partial charge < -0.3 is 11.1 Å². The third-order valence-corrected chi connectivity index (χ3v) is 5.93. The Bertz CT molecular complexity index is 844. The van der Waals surface area contributed by atoms with Crippen LogP contribution in [0.15, 0.2) is 35.7 Å². The van der Waals surface area contributed by atoms with Gasteiger partial charge in [0.1, 0.15) is 0 Å². The summed E-state index contributed by atoms with van der Waals surface area (Å²) in [6.07, 6.45) is 0.0334. The van der Waals surface area contributed by atoms with Gasteiger partial charge in [0, 0.05) is 16.5 Å². The number of thiophene rings is 1. The number of amides is 2. The van der Waals surface area contributed by atoms with Crippen molar-refractivity contribution in [2.45, 2.75) is 50.2 Å². The summed E-state index contributed by atoms with van der Waals surface area (Å²) in [5.74, 6) is -2.50. The van der Waals surface area contributed by atoms with Gasteiger partial charge in [-0.2, -0.15) is 13.2 Å². The first-order valence-electron chi connectivity index (χ1n) is 9.12. The van der Waals surface area contributed by atoms with Gasteiger partial charge in [0.05, 0.1) is 11.5 Å². The van der Waals surface area contributed by atoms with Gasteiger partial charge in [-0.1, -0.05) is 31.4 Å². The second-order valence-electron chi connectivity index (χ2n) is 6.96. The molecule has 0 saturated heterocycles. The Morgan fingerprint density at radius 1 is 1.14 bits per heavy atom. The number of nitrogens with two attached hydrogens (primary N) is 1. The van der Waals surface area contributed by atoms with E-state index in [0.29, 0.717) is 4.88 Å². The van der Waals surface area contributed by atoms with Crippen molar-refractivity contribution in [3.05, 3.63) is 57.3 Å². The zero-order valence-electron chi connectivity index (χ0n) is 15.1. The van der Waals surface area contributed by atoms with Gasteiger partial charge >= 0.3 is 6.18 Å². The highest BCUT2D eigenvalue weighted by molar-refractivity contribution is 7.10. The van der Waals surface area contributed by atoms with E-state index in [9.17, 15) is 22.8 Å². The maximum Gasteiger partial charge on any atom is 0.416 e. The topological polar surface area (TPSA) is 72.2 Å². The van der Waals surface area contributed by atoms with Crippen molar-refractivity contribution < 1.29 is 22.8 Å². The standard InChI is InChI=1S/C20H21F3N2O2S/c21-20(22,23)15-11-12(18(24)26)8-9-14(15)17(16-7-4-10-28-16)19(27)25-13-5-2-1-3-6-13/h4,7-11,13,17H,1-3,5-6H2,(H2,24,26)(H,25,27). The van der Waals surface area contributed by atoms with Crippen molar-refractivity contribution in [2.24, 2.45) is 5.73 Å². The smallest absolute Gasteiger partial charge is 0.366 e. The van der Waals surface area contributed by atoms with Gasteiger partial charge in [-0.3, -0.25) is 9.59 Å². The van der Waals surface area contributed by atoms with E-state index in [1.54, 1.807) is 17.5 Å². The Morgan fingerprint density at radius 2 is 1.86 bits per heavy atom. The molecule has 0 bridgehead atoms. The monoisotopic (exact) mass is 410 g/mol. The molecule has 1 fully saturated rings. The van der Waals surface area contributed by atoms with Crippen LogP contribution in [0, 0.1) is 0 Å². The Morgan fingerprint density at radius 3 is 2.43 bits per heavy atom. The van der Waals surface area contributed by atoms with E-state index in [2.05, 4.69) is 5.32 Å². The van der Waals surface area contributed by atoms with Crippen LogP contribution in [0.2, 0.25) is 0 Å². The minimum absolute atomic E-state index is 0.0251. The predicted octanol–water partition coefficient (Wildman–Crippen LogP) is 4.45. The van der Waals surface area contributed by atoms with Gasteiger partial charge in [0.15, 0.2) is 0 Å². The number of alkyl halides is 3. The van der Waals surface area contributed by atoms with E-state index < -0.39 is 29.5 Å². The summed E-state index contributed by atoms with van der Waals surface area (Å²) in [5, 5.41) is 4.65. The molecular weight excluding hydrogens is 389 g/mol. The maximum absolute atomic E-state index is 13.7. The van der Waals surface area contributed by atoms with Crippen molar-refractivity contribution in [2.75, 3.05) is 0 Å². The summed E-state index contributed by atoms with van der Waals surface area (Å²) in [6.45, 7) is 0. The third-order valence-electron chi connectivity index (χ3n) is 5.00. The maximum atomic E-state index is 13.7. The third kappa shape index (κ3) is 4.55.